The van der Waals surface area contributed by atoms with Gasteiger partial charge in [-0.05, 0) is 40.3 Å². The molecule has 0 saturated carbocycles. The van der Waals surface area contributed by atoms with Gasteiger partial charge in [0, 0.05) is 43.6 Å². The maximum Gasteiger partial charge on any atom is 0.255 e. The largest absolute Gasteiger partial charge is 0.346 e. The zero-order valence-corrected chi connectivity index (χ0v) is 13.4. The van der Waals surface area contributed by atoms with E-state index in [0.717, 1.165) is 44.0 Å². The topological polar surface area (TPSA) is 28.5 Å². The molecule has 2 rings (SSSR count). The molecule has 0 atom stereocenters. The lowest BCUT2D eigenvalue weighted by Gasteiger charge is -2.34. The predicted octanol–water partition coefficient (Wildman–Crippen LogP) is 2.46. The van der Waals surface area contributed by atoms with Crippen molar-refractivity contribution in [2.75, 3.05) is 32.7 Å². The van der Waals surface area contributed by atoms with Gasteiger partial charge in [-0.15, -0.1) is 0 Å². The first-order valence-electron chi connectivity index (χ1n) is 7.65. The van der Waals surface area contributed by atoms with Crippen molar-refractivity contribution in [1.29, 1.82) is 0 Å². The molecule has 1 aromatic heterocycles. The van der Waals surface area contributed by atoms with Crippen LogP contribution in [0.5, 0.6) is 0 Å². The summed E-state index contributed by atoms with van der Waals surface area (Å²) < 4.78 is 2.25. The normalized spacial score (nSPS) is 17.0. The molecule has 2 heterocycles. The summed E-state index contributed by atoms with van der Waals surface area (Å²) in [4.78, 5) is 17.1. The van der Waals surface area contributed by atoms with Crippen LogP contribution in [0, 0.1) is 13.8 Å². The fourth-order valence-electron chi connectivity index (χ4n) is 3.23. The number of aryl methyl sites for hydroxylation is 1. The summed E-state index contributed by atoms with van der Waals surface area (Å²) in [5, 5.41) is 0. The monoisotopic (exact) mass is 277 g/mol. The Morgan fingerprint density at radius 3 is 2.25 bits per heavy atom. The number of carbonyl (C=O) groups is 1. The Balaban J connectivity index is 2.16. The van der Waals surface area contributed by atoms with Crippen LogP contribution in [0.3, 0.4) is 0 Å². The molecule has 0 spiro atoms. The van der Waals surface area contributed by atoms with Gasteiger partial charge in [0.15, 0.2) is 0 Å². The van der Waals surface area contributed by atoms with E-state index in [0.29, 0.717) is 6.04 Å². The number of hydrogen-bond acceptors (Lipinski definition) is 2. The first-order valence-corrected chi connectivity index (χ1v) is 7.65. The number of rotatable bonds is 3. The van der Waals surface area contributed by atoms with Gasteiger partial charge < -0.3 is 14.4 Å². The van der Waals surface area contributed by atoms with E-state index in [9.17, 15) is 4.79 Å². The van der Waals surface area contributed by atoms with E-state index in [1.54, 1.807) is 0 Å². The first kappa shape index (κ1) is 15.1. The Labute approximate surface area is 122 Å². The first-order chi connectivity index (χ1) is 9.45. The van der Waals surface area contributed by atoms with Crippen molar-refractivity contribution >= 4 is 5.91 Å². The molecule has 4 nitrogen and oxygen atoms in total. The Morgan fingerprint density at radius 2 is 1.80 bits per heavy atom. The molecule has 4 heteroatoms. The lowest BCUT2D eigenvalue weighted by atomic mass is 10.2. The molecule has 0 unspecified atom stereocenters. The number of piperazine rings is 1. The number of amides is 1. The van der Waals surface area contributed by atoms with Gasteiger partial charge >= 0.3 is 0 Å². The summed E-state index contributed by atoms with van der Waals surface area (Å²) in [7, 11) is 0. The lowest BCUT2D eigenvalue weighted by molar-refractivity contribution is 0.0642. The van der Waals surface area contributed by atoms with E-state index in [1.165, 1.54) is 5.69 Å². The van der Waals surface area contributed by atoms with Crippen LogP contribution in [0.15, 0.2) is 6.07 Å². The summed E-state index contributed by atoms with van der Waals surface area (Å²) in [5.41, 5.74) is 3.15. The predicted molar refractivity (Wildman–Crippen MR) is 82.3 cm³/mol. The van der Waals surface area contributed by atoms with E-state index >= 15 is 0 Å². The molecule has 0 bridgehead atoms. The van der Waals surface area contributed by atoms with Crippen LogP contribution < -0.4 is 0 Å². The number of nitrogens with zero attached hydrogens (tertiary/aromatic N) is 3. The minimum Gasteiger partial charge on any atom is -0.346 e. The van der Waals surface area contributed by atoms with Gasteiger partial charge in [-0.2, -0.15) is 0 Å². The van der Waals surface area contributed by atoms with Crippen LogP contribution in [0.1, 0.15) is 48.6 Å². The average Bonchev–Trinajstić information content (AvgIpc) is 2.73. The van der Waals surface area contributed by atoms with Crippen LogP contribution in [-0.4, -0.2) is 53.0 Å². The molecule has 1 aliphatic rings. The highest BCUT2D eigenvalue weighted by Crippen LogP contribution is 2.22. The molecule has 1 fully saturated rings. The van der Waals surface area contributed by atoms with Crippen molar-refractivity contribution in [3.05, 3.63) is 23.0 Å². The van der Waals surface area contributed by atoms with Gasteiger partial charge in [0.25, 0.3) is 5.91 Å². The molecule has 0 N–H and O–H groups in total. The maximum absolute atomic E-state index is 12.7. The quantitative estimate of drug-likeness (QED) is 0.849. The summed E-state index contributed by atoms with van der Waals surface area (Å²) in [5.74, 6) is 0.195. The average molecular weight is 277 g/mol. The third-order valence-electron chi connectivity index (χ3n) is 4.34. The van der Waals surface area contributed by atoms with Gasteiger partial charge in [0.1, 0.15) is 0 Å². The number of likely N-dealkylation sites (N-methyl/N-ethyl adjacent to an activating group) is 1. The Kier molecular flexibility index (Phi) is 4.53. The van der Waals surface area contributed by atoms with Crippen LogP contribution in [0.25, 0.3) is 0 Å². The summed E-state index contributed by atoms with van der Waals surface area (Å²) in [6.45, 7) is 15.4. The van der Waals surface area contributed by atoms with Gasteiger partial charge in [-0.3, -0.25) is 4.79 Å². The molecular weight excluding hydrogens is 250 g/mol. The van der Waals surface area contributed by atoms with Crippen molar-refractivity contribution in [3.8, 4) is 0 Å². The van der Waals surface area contributed by atoms with E-state index in [4.69, 9.17) is 0 Å². The molecule has 1 aliphatic heterocycles. The van der Waals surface area contributed by atoms with E-state index < -0.39 is 0 Å². The minimum atomic E-state index is 0.195. The van der Waals surface area contributed by atoms with Gasteiger partial charge in [0.2, 0.25) is 0 Å². The van der Waals surface area contributed by atoms with E-state index in [1.807, 2.05) is 11.0 Å². The molecule has 1 saturated heterocycles. The number of aromatic nitrogens is 1. The molecule has 0 aliphatic carbocycles. The zero-order valence-electron chi connectivity index (χ0n) is 13.4. The Morgan fingerprint density at radius 1 is 1.20 bits per heavy atom. The van der Waals surface area contributed by atoms with Crippen LogP contribution in [-0.2, 0) is 0 Å². The molecule has 1 aromatic rings. The second-order valence-corrected chi connectivity index (χ2v) is 5.98. The second kappa shape index (κ2) is 6.00. The van der Waals surface area contributed by atoms with Crippen molar-refractivity contribution in [1.82, 2.24) is 14.4 Å². The highest BCUT2D eigenvalue weighted by atomic mass is 16.2. The third-order valence-corrected chi connectivity index (χ3v) is 4.34. The Hall–Kier alpha value is -1.29. The summed E-state index contributed by atoms with van der Waals surface area (Å²) in [6.07, 6.45) is 0. The molecule has 0 aromatic carbocycles. The third kappa shape index (κ3) is 2.75. The number of hydrogen-bond donors (Lipinski definition) is 0. The smallest absolute Gasteiger partial charge is 0.255 e. The van der Waals surface area contributed by atoms with Gasteiger partial charge in [-0.1, -0.05) is 6.92 Å². The summed E-state index contributed by atoms with van der Waals surface area (Å²) in [6, 6.07) is 2.44. The highest BCUT2D eigenvalue weighted by molar-refractivity contribution is 5.95. The molecule has 0 radical (unpaired) electrons. The van der Waals surface area contributed by atoms with Crippen molar-refractivity contribution in [3.63, 3.8) is 0 Å². The van der Waals surface area contributed by atoms with E-state index in [-0.39, 0.29) is 5.91 Å². The van der Waals surface area contributed by atoms with Crippen LogP contribution in [0.2, 0.25) is 0 Å². The van der Waals surface area contributed by atoms with Crippen molar-refractivity contribution in [2.24, 2.45) is 0 Å². The second-order valence-electron chi connectivity index (χ2n) is 5.98. The summed E-state index contributed by atoms with van der Waals surface area (Å²) >= 11 is 0. The van der Waals surface area contributed by atoms with Crippen LogP contribution >= 0.6 is 0 Å². The van der Waals surface area contributed by atoms with Gasteiger partial charge in [0.05, 0.1) is 5.56 Å². The molecule has 20 heavy (non-hydrogen) atoms. The number of carbonyl (C=O) groups excluding carboxylic acids is 1. The molecule has 1 amide bonds. The van der Waals surface area contributed by atoms with Gasteiger partial charge in [-0.25, -0.2) is 0 Å². The fraction of sp³-hybridized carbons (Fsp3) is 0.688. The maximum atomic E-state index is 12.7. The minimum absolute atomic E-state index is 0.195. The standard InChI is InChI=1S/C16H27N3O/c1-6-17-7-9-18(10-8-17)16(20)15-11-13(4)19(12(2)3)14(15)5/h11-12H,6-10H2,1-5H3. The SMILES string of the molecule is CCN1CCN(C(=O)c2cc(C)n(C(C)C)c2C)CC1. The van der Waals surface area contributed by atoms with Crippen LogP contribution in [0.4, 0.5) is 0 Å². The molecular formula is C16H27N3O. The fourth-order valence-corrected chi connectivity index (χ4v) is 3.23. The highest BCUT2D eigenvalue weighted by Gasteiger charge is 2.24. The van der Waals surface area contributed by atoms with Crippen molar-refractivity contribution < 1.29 is 4.79 Å². The van der Waals surface area contributed by atoms with Crippen molar-refractivity contribution in [2.45, 2.75) is 40.7 Å². The van der Waals surface area contributed by atoms with E-state index in [2.05, 4.69) is 44.1 Å². The lowest BCUT2D eigenvalue weighted by Crippen LogP contribution is -2.48. The molecule has 112 valence electrons. The zero-order chi connectivity index (χ0) is 14.9. The Bertz CT molecular complexity index is 482.